The third-order valence-corrected chi connectivity index (χ3v) is 12.2. The Morgan fingerprint density at radius 3 is 0.950 bits per heavy atom. The van der Waals surface area contributed by atoms with Crippen LogP contribution in [0.4, 0.5) is 0 Å². The molecule has 0 amide bonds. The molecule has 0 aliphatic heterocycles. The third-order valence-electron chi connectivity index (χ3n) is 12.2. The van der Waals surface area contributed by atoms with Gasteiger partial charge in [0.2, 0.25) is 0 Å². The lowest BCUT2D eigenvalue weighted by Crippen LogP contribution is -2.11. The summed E-state index contributed by atoms with van der Waals surface area (Å²) in [5, 5.41) is 67.2. The van der Waals surface area contributed by atoms with Gasteiger partial charge in [0.1, 0.15) is 82.9 Å². The molecule has 0 saturated carbocycles. The molecule has 0 aliphatic rings. The summed E-state index contributed by atoms with van der Waals surface area (Å²) < 4.78 is 38.4. The van der Waals surface area contributed by atoms with Crippen molar-refractivity contribution in [2.24, 2.45) is 17.8 Å². The first-order valence-electron chi connectivity index (χ1n) is 33.4. The number of nitriles is 7. The van der Waals surface area contributed by atoms with Gasteiger partial charge < -0.3 is 43.0 Å². The van der Waals surface area contributed by atoms with E-state index in [1.165, 1.54) is 96.6 Å². The lowest BCUT2D eigenvalue weighted by atomic mass is 10.0. The van der Waals surface area contributed by atoms with Gasteiger partial charge in [-0.3, -0.25) is 0 Å². The second-order valence-electron chi connectivity index (χ2n) is 22.7. The van der Waals surface area contributed by atoms with Crippen LogP contribution in [-0.4, -0.2) is 101 Å². The monoisotopic (exact) mass is 1400 g/mol. The number of carboxylic acid groups (broad SMARTS) is 1. The molecule has 0 fully saturated rings. The van der Waals surface area contributed by atoms with Crippen LogP contribution >= 0.6 is 0 Å². The quantitative estimate of drug-likeness (QED) is 0.0163. The van der Waals surface area contributed by atoms with E-state index in [4.69, 9.17) is 70.4 Å². The summed E-state index contributed by atoms with van der Waals surface area (Å²) in [5.41, 5.74) is 0.777. The highest BCUT2D eigenvalue weighted by atomic mass is 16.6. The van der Waals surface area contributed by atoms with Crippen molar-refractivity contribution in [3.63, 3.8) is 0 Å². The topological polar surface area (TPSA) is 380 Å². The number of carbonyl (C=O) groups is 7. The molecular formula is C78H105N7O16. The van der Waals surface area contributed by atoms with Crippen LogP contribution in [0.15, 0.2) is 132 Å². The van der Waals surface area contributed by atoms with E-state index in [-0.39, 0.29) is 45.3 Å². The molecular weight excluding hydrogens is 1290 g/mol. The van der Waals surface area contributed by atoms with Gasteiger partial charge in [-0.05, 0) is 66.7 Å². The van der Waals surface area contributed by atoms with Crippen LogP contribution in [0.5, 0.6) is 0 Å². The number of aliphatic carboxylic acids is 1. The van der Waals surface area contributed by atoms with Gasteiger partial charge in [-0.15, -0.1) is 0 Å². The van der Waals surface area contributed by atoms with Crippen LogP contribution < -0.4 is 0 Å². The van der Waals surface area contributed by atoms with Crippen LogP contribution in [0, 0.1) is 97.1 Å². The van der Waals surface area contributed by atoms with E-state index in [9.17, 15) is 33.6 Å². The van der Waals surface area contributed by atoms with E-state index in [1.807, 2.05) is 114 Å². The highest BCUT2D eigenvalue weighted by Gasteiger charge is 2.15. The average Bonchev–Trinajstić information content (AvgIpc) is 0.989. The van der Waals surface area contributed by atoms with Crippen molar-refractivity contribution in [1.29, 1.82) is 36.8 Å². The number of rotatable bonds is 38. The highest BCUT2D eigenvalue weighted by molar-refractivity contribution is 5.99. The fourth-order valence-corrected chi connectivity index (χ4v) is 6.66. The first-order chi connectivity index (χ1) is 48.2. The van der Waals surface area contributed by atoms with Gasteiger partial charge in [0.25, 0.3) is 0 Å². The Hall–Kier alpha value is -11.1. The van der Waals surface area contributed by atoms with Crippen molar-refractivity contribution in [1.82, 2.24) is 0 Å². The molecule has 0 spiro atoms. The zero-order valence-corrected chi connectivity index (χ0v) is 61.1. The molecule has 0 bridgehead atoms. The van der Waals surface area contributed by atoms with E-state index in [0.29, 0.717) is 39.6 Å². The number of unbranched alkanes of at least 4 members (excludes halogenated alkanes) is 13. The largest absolute Gasteiger partial charge is 0.503 e. The van der Waals surface area contributed by atoms with Crippen LogP contribution in [0.2, 0.25) is 0 Å². The third kappa shape index (κ3) is 63.4. The molecule has 0 aromatic heterocycles. The van der Waals surface area contributed by atoms with Crippen LogP contribution in [-0.2, 0) is 71.5 Å². The lowest BCUT2D eigenvalue weighted by Gasteiger charge is -2.05. The number of hydrogen-bond acceptors (Lipinski definition) is 22. The molecule has 2 aromatic carbocycles. The molecule has 0 atom stereocenters. The Morgan fingerprint density at radius 2 is 0.663 bits per heavy atom. The van der Waals surface area contributed by atoms with E-state index in [2.05, 4.69) is 50.0 Å². The van der Waals surface area contributed by atoms with Crippen LogP contribution in [0.3, 0.4) is 0 Å². The van der Waals surface area contributed by atoms with Gasteiger partial charge in [0.15, 0.2) is 11.1 Å². The zero-order chi connectivity index (χ0) is 77.4. The fourth-order valence-electron chi connectivity index (χ4n) is 6.66. The number of ether oxygens (including phenoxy) is 8. The Balaban J connectivity index is -0.000000359. The Kier molecular flexibility index (Phi) is 68.6. The second kappa shape index (κ2) is 70.3. The Bertz CT molecular complexity index is 3190. The van der Waals surface area contributed by atoms with Gasteiger partial charge in [0, 0.05) is 0 Å². The SMILES string of the molecule is C=C(C#N)C(=O)O.C=C(C#N)C(=O)OCCCCCCCC(C)C.C=C(C#N)C(=O)OCCCCCCCCCC.CC(C)COC(=O)C(C#N)=Cc1ccccc1.CCCCOC(=O)C(C#N)=COC.CCCCOC(=O)C(C#N)=Cc1ccccc1.COC=C(C#N)C(=O)OCC(C)C. The van der Waals surface area contributed by atoms with E-state index in [0.717, 1.165) is 80.9 Å². The summed E-state index contributed by atoms with van der Waals surface area (Å²) in [6.45, 7) is 30.0. The molecule has 0 saturated heterocycles. The Morgan fingerprint density at radius 1 is 0.376 bits per heavy atom. The fraction of sp³-hybridized carbons (Fsp3) is 0.487. The minimum Gasteiger partial charge on any atom is -0.503 e. The minimum atomic E-state index is -1.26. The van der Waals surface area contributed by atoms with Gasteiger partial charge in [-0.1, -0.05) is 233 Å². The number of benzene rings is 2. The Labute approximate surface area is 599 Å². The second-order valence-corrected chi connectivity index (χ2v) is 22.7. The number of hydrogen-bond donors (Lipinski definition) is 1. The molecule has 0 heterocycles. The van der Waals surface area contributed by atoms with Gasteiger partial charge >= 0.3 is 41.8 Å². The molecule has 2 aromatic rings. The minimum absolute atomic E-state index is 0.0249. The van der Waals surface area contributed by atoms with Crippen LogP contribution in [0.1, 0.15) is 189 Å². The molecule has 23 nitrogen and oxygen atoms in total. The summed E-state index contributed by atoms with van der Waals surface area (Å²) in [4.78, 5) is 76.9. The maximum Gasteiger partial charge on any atom is 0.352 e. The first kappa shape index (κ1) is 98.6. The van der Waals surface area contributed by atoms with Crippen molar-refractivity contribution in [2.45, 2.75) is 178 Å². The summed E-state index contributed by atoms with van der Waals surface area (Å²) in [5.74, 6) is -3.52. The van der Waals surface area contributed by atoms with Crippen molar-refractivity contribution in [3.8, 4) is 42.5 Å². The average molecular weight is 1400 g/mol. The smallest absolute Gasteiger partial charge is 0.352 e. The predicted molar refractivity (Wildman–Crippen MR) is 384 cm³/mol. The van der Waals surface area contributed by atoms with Crippen LogP contribution in [0.25, 0.3) is 12.2 Å². The summed E-state index contributed by atoms with van der Waals surface area (Å²) in [7, 11) is 2.74. The van der Waals surface area contributed by atoms with Crippen molar-refractivity contribution in [3.05, 3.63) is 143 Å². The molecule has 0 aliphatic carbocycles. The van der Waals surface area contributed by atoms with Gasteiger partial charge in [-0.25, -0.2) is 33.6 Å². The van der Waals surface area contributed by atoms with Crippen molar-refractivity contribution in [2.75, 3.05) is 53.9 Å². The molecule has 23 heteroatoms. The number of carboxylic acids is 1. The summed E-state index contributed by atoms with van der Waals surface area (Å²) in [6, 6.07) is 30.3. The zero-order valence-electron chi connectivity index (χ0n) is 61.1. The number of methoxy groups -OCH3 is 2. The standard InChI is InChI=1S/2C14H15NO2.2C14H23NO2.2C9H13NO3.C4H3NO2/c1-11(2)10-17-14(16)13(9-15)8-12-6-4-3-5-7-12;1-2-3-9-17-14(16)13(11-15)10-12-7-5-4-6-8-12;1-12(2)9-7-5-4-6-8-10-17-14(16)13(3)11-15;1-3-4-5-6-7-8-9-10-11-17-14(16)13(2)12-15;1-7(2)5-13-9(11)8(4-10)6-12-3;1-3-4-5-13-9(11)8(6-10)7-12-2;1-3(2-5)4(6)7/h3-8,11H,10H2,1-2H3;4-8,10H,2-3,9H2,1H3;12H,3-10H2,1-2H3;2-11H2,1H3;6-7H,5H2,1-3H3;7H,3-5H2,1-2H3;1H2,(H,6,7). The number of carbonyl (C=O) groups excluding carboxylic acids is 6. The molecule has 0 unspecified atom stereocenters. The number of nitrogens with zero attached hydrogens (tertiary/aromatic N) is 7. The maximum absolute atomic E-state index is 11.6. The molecule has 1 N–H and O–H groups in total. The van der Waals surface area contributed by atoms with Crippen molar-refractivity contribution < 1.29 is 76.6 Å². The first-order valence-corrected chi connectivity index (χ1v) is 33.4. The van der Waals surface area contributed by atoms with E-state index >= 15 is 0 Å². The van der Waals surface area contributed by atoms with Crippen molar-refractivity contribution >= 4 is 53.9 Å². The van der Waals surface area contributed by atoms with Gasteiger partial charge in [0.05, 0.1) is 53.9 Å². The number of esters is 6. The summed E-state index contributed by atoms with van der Waals surface area (Å²) >= 11 is 0. The molecule has 548 valence electrons. The molecule has 0 radical (unpaired) electrons. The molecule has 2 rings (SSSR count). The maximum atomic E-state index is 11.6. The van der Waals surface area contributed by atoms with E-state index < -0.39 is 47.4 Å². The van der Waals surface area contributed by atoms with Gasteiger partial charge in [-0.2, -0.15) is 36.8 Å². The van der Waals surface area contributed by atoms with E-state index in [1.54, 1.807) is 24.3 Å². The predicted octanol–water partition coefficient (Wildman–Crippen LogP) is 15.9. The molecule has 101 heavy (non-hydrogen) atoms. The lowest BCUT2D eigenvalue weighted by molar-refractivity contribution is -0.140. The highest BCUT2D eigenvalue weighted by Crippen LogP contribution is 2.13. The summed E-state index contributed by atoms with van der Waals surface area (Å²) in [6.07, 6.45) is 25.3. The normalized spacial score (nSPS) is 10.2.